The molecule has 0 atom stereocenters. The van der Waals surface area contributed by atoms with Crippen LogP contribution in [0.3, 0.4) is 0 Å². The molecule has 92 valence electrons. The third-order valence-corrected chi connectivity index (χ3v) is 3.05. The Balaban J connectivity index is 2.20. The van der Waals surface area contributed by atoms with E-state index in [9.17, 15) is 5.11 Å². The van der Waals surface area contributed by atoms with Gasteiger partial charge in [-0.2, -0.15) is 5.10 Å². The second-order valence-electron chi connectivity index (χ2n) is 4.20. The molecule has 0 saturated heterocycles. The molecule has 5 nitrogen and oxygen atoms in total. The van der Waals surface area contributed by atoms with E-state index >= 15 is 0 Å². The maximum absolute atomic E-state index is 10.2. The fraction of sp³-hybridized carbons (Fsp3) is 0.231. The van der Waals surface area contributed by atoms with Crippen LogP contribution in [-0.2, 0) is 13.0 Å². The average molecular weight is 242 g/mol. The van der Waals surface area contributed by atoms with Crippen LogP contribution in [0.15, 0.2) is 31.0 Å². The maximum Gasteiger partial charge on any atom is 0.213 e. The lowest BCUT2D eigenvalue weighted by atomic mass is 10.1. The third kappa shape index (κ3) is 1.55. The van der Waals surface area contributed by atoms with Crippen LogP contribution in [0, 0.1) is 0 Å². The highest BCUT2D eigenvalue weighted by atomic mass is 16.3. The molecule has 3 rings (SSSR count). The minimum absolute atomic E-state index is 0.225. The van der Waals surface area contributed by atoms with Crippen molar-refractivity contribution in [1.29, 1.82) is 0 Å². The summed E-state index contributed by atoms with van der Waals surface area (Å²) in [5.41, 5.74) is 2.61. The quantitative estimate of drug-likeness (QED) is 0.788. The van der Waals surface area contributed by atoms with Gasteiger partial charge < -0.3 is 10.4 Å². The molecule has 5 heteroatoms. The number of aromatic hydroxyl groups is 1. The predicted octanol–water partition coefficient (Wildman–Crippen LogP) is 1.80. The molecule has 2 N–H and O–H groups in total. The predicted molar refractivity (Wildman–Crippen MR) is 69.5 cm³/mol. The molecule has 0 aliphatic carbocycles. The molecule has 0 radical (unpaired) electrons. The van der Waals surface area contributed by atoms with Crippen molar-refractivity contribution >= 4 is 5.82 Å². The molecule has 2 aromatic heterocycles. The van der Waals surface area contributed by atoms with E-state index in [4.69, 9.17) is 0 Å². The molecular formula is C13H14N4O. The third-order valence-electron chi connectivity index (χ3n) is 3.05. The zero-order chi connectivity index (χ0) is 12.5. The number of anilines is 1. The van der Waals surface area contributed by atoms with Gasteiger partial charge in [-0.05, 0) is 18.6 Å². The van der Waals surface area contributed by atoms with E-state index in [1.165, 1.54) is 0 Å². The molecule has 0 spiro atoms. The van der Waals surface area contributed by atoms with Crippen molar-refractivity contribution in [1.82, 2.24) is 14.8 Å². The van der Waals surface area contributed by atoms with E-state index in [0.717, 1.165) is 35.6 Å². The number of fused-ring (bicyclic) bond motifs is 3. The van der Waals surface area contributed by atoms with Crippen molar-refractivity contribution in [2.45, 2.75) is 13.0 Å². The van der Waals surface area contributed by atoms with Crippen molar-refractivity contribution in [3.05, 3.63) is 36.5 Å². The van der Waals surface area contributed by atoms with Gasteiger partial charge >= 0.3 is 0 Å². The minimum Gasteiger partial charge on any atom is -0.493 e. The Labute approximate surface area is 105 Å². The molecule has 3 heterocycles. The van der Waals surface area contributed by atoms with Crippen LogP contribution in [0.25, 0.3) is 11.3 Å². The maximum atomic E-state index is 10.2. The van der Waals surface area contributed by atoms with Crippen molar-refractivity contribution in [2.75, 3.05) is 11.9 Å². The van der Waals surface area contributed by atoms with Gasteiger partial charge in [0.05, 0.1) is 6.54 Å². The highest BCUT2D eigenvalue weighted by molar-refractivity contribution is 5.77. The summed E-state index contributed by atoms with van der Waals surface area (Å²) in [6, 6.07) is 3.84. The molecular weight excluding hydrogens is 228 g/mol. The normalized spacial score (nSPS) is 13.1. The number of nitrogens with one attached hydrogen (secondary N) is 1. The Kier molecular flexibility index (Phi) is 2.51. The van der Waals surface area contributed by atoms with Gasteiger partial charge in [0, 0.05) is 23.9 Å². The Hall–Kier alpha value is -2.30. The fourth-order valence-corrected chi connectivity index (χ4v) is 2.23. The van der Waals surface area contributed by atoms with Gasteiger partial charge in [0.25, 0.3) is 0 Å². The fourth-order valence-electron chi connectivity index (χ4n) is 2.23. The van der Waals surface area contributed by atoms with Crippen LogP contribution >= 0.6 is 0 Å². The molecule has 0 amide bonds. The summed E-state index contributed by atoms with van der Waals surface area (Å²) in [4.78, 5) is 4.30. The molecule has 0 fully saturated rings. The van der Waals surface area contributed by atoms with Crippen LogP contribution in [0.2, 0.25) is 0 Å². The first-order valence-electron chi connectivity index (χ1n) is 5.90. The van der Waals surface area contributed by atoms with E-state index < -0.39 is 0 Å². The smallest absolute Gasteiger partial charge is 0.213 e. The Morgan fingerprint density at radius 2 is 2.44 bits per heavy atom. The number of rotatable bonds is 2. The number of hydrogen-bond donors (Lipinski definition) is 2. The Bertz CT molecular complexity index is 603. The van der Waals surface area contributed by atoms with Gasteiger partial charge in [-0.15, -0.1) is 6.58 Å². The number of pyridine rings is 1. The molecule has 0 aromatic carbocycles. The standard InChI is InChI=1S/C13H14N4O/c1-2-8-17-13(18)10-5-7-15-12-9(11(10)16-17)4-3-6-14-12/h2-4,6,18H,1,5,7-8H2,(H,14,15). The van der Waals surface area contributed by atoms with Crippen molar-refractivity contribution in [2.24, 2.45) is 0 Å². The van der Waals surface area contributed by atoms with Crippen LogP contribution in [0.4, 0.5) is 5.82 Å². The van der Waals surface area contributed by atoms with E-state index in [1.807, 2.05) is 12.1 Å². The Morgan fingerprint density at radius 1 is 1.56 bits per heavy atom. The first-order valence-corrected chi connectivity index (χ1v) is 5.90. The lowest BCUT2D eigenvalue weighted by molar-refractivity contribution is 0.406. The van der Waals surface area contributed by atoms with Crippen molar-refractivity contribution < 1.29 is 5.11 Å². The van der Waals surface area contributed by atoms with E-state index in [1.54, 1.807) is 17.0 Å². The van der Waals surface area contributed by atoms with Gasteiger partial charge in [0.15, 0.2) is 0 Å². The number of allylic oxidation sites excluding steroid dienone is 1. The zero-order valence-corrected chi connectivity index (χ0v) is 9.93. The summed E-state index contributed by atoms with van der Waals surface area (Å²) in [7, 11) is 0. The molecule has 0 unspecified atom stereocenters. The van der Waals surface area contributed by atoms with Gasteiger partial charge in [-0.25, -0.2) is 9.67 Å². The molecule has 18 heavy (non-hydrogen) atoms. The Morgan fingerprint density at radius 3 is 3.28 bits per heavy atom. The summed E-state index contributed by atoms with van der Waals surface area (Å²) >= 11 is 0. The zero-order valence-electron chi connectivity index (χ0n) is 9.93. The van der Waals surface area contributed by atoms with E-state index in [0.29, 0.717) is 6.54 Å². The number of aromatic nitrogens is 3. The topological polar surface area (TPSA) is 63.0 Å². The van der Waals surface area contributed by atoms with Gasteiger partial charge in [0.1, 0.15) is 11.5 Å². The van der Waals surface area contributed by atoms with Crippen LogP contribution in [0.5, 0.6) is 5.88 Å². The molecule has 0 saturated carbocycles. The lowest BCUT2D eigenvalue weighted by Crippen LogP contribution is -2.05. The molecule has 2 aromatic rings. The highest BCUT2D eigenvalue weighted by Gasteiger charge is 2.22. The summed E-state index contributed by atoms with van der Waals surface area (Å²) in [6.45, 7) is 4.91. The van der Waals surface area contributed by atoms with Crippen molar-refractivity contribution in [3.8, 4) is 17.1 Å². The van der Waals surface area contributed by atoms with Crippen molar-refractivity contribution in [3.63, 3.8) is 0 Å². The van der Waals surface area contributed by atoms with E-state index in [2.05, 4.69) is 22.0 Å². The van der Waals surface area contributed by atoms with Crippen LogP contribution in [-0.4, -0.2) is 26.4 Å². The first-order chi connectivity index (χ1) is 8.81. The summed E-state index contributed by atoms with van der Waals surface area (Å²) in [5, 5.41) is 17.9. The summed E-state index contributed by atoms with van der Waals surface area (Å²) < 4.78 is 1.57. The van der Waals surface area contributed by atoms with Gasteiger partial charge in [0.2, 0.25) is 5.88 Å². The second-order valence-corrected chi connectivity index (χ2v) is 4.20. The monoisotopic (exact) mass is 242 g/mol. The number of hydrogen-bond acceptors (Lipinski definition) is 4. The highest BCUT2D eigenvalue weighted by Crippen LogP contribution is 2.35. The summed E-state index contributed by atoms with van der Waals surface area (Å²) in [6.07, 6.45) is 4.19. The average Bonchev–Trinajstić information content (AvgIpc) is 2.60. The second kappa shape index (κ2) is 4.18. The molecule has 0 bridgehead atoms. The number of nitrogens with zero attached hydrogens (tertiary/aromatic N) is 3. The SMILES string of the molecule is C=CCn1nc2c(c1O)CCNc1ncccc1-2. The molecule has 1 aliphatic rings. The molecule has 1 aliphatic heterocycles. The summed E-state index contributed by atoms with van der Waals surface area (Å²) in [5.74, 6) is 1.04. The van der Waals surface area contributed by atoms with Gasteiger partial charge in [-0.3, -0.25) is 0 Å². The first kappa shape index (κ1) is 10.8. The van der Waals surface area contributed by atoms with Crippen LogP contribution < -0.4 is 5.32 Å². The van der Waals surface area contributed by atoms with Gasteiger partial charge in [-0.1, -0.05) is 6.08 Å². The largest absolute Gasteiger partial charge is 0.493 e. The van der Waals surface area contributed by atoms with Crippen LogP contribution in [0.1, 0.15) is 5.56 Å². The minimum atomic E-state index is 0.225. The lowest BCUT2D eigenvalue weighted by Gasteiger charge is -2.05. The van der Waals surface area contributed by atoms with E-state index in [-0.39, 0.29) is 5.88 Å².